The summed E-state index contributed by atoms with van der Waals surface area (Å²) in [4.78, 5) is -0.0876. The Kier molecular flexibility index (Phi) is 3.82. The molecule has 0 radical (unpaired) electrons. The van der Waals surface area contributed by atoms with Crippen molar-refractivity contribution in [3.8, 4) is 0 Å². The lowest BCUT2D eigenvalue weighted by Crippen LogP contribution is -2.35. The number of hydrogen-bond donors (Lipinski definition) is 2. The van der Waals surface area contributed by atoms with E-state index in [1.165, 1.54) is 4.68 Å². The second kappa shape index (κ2) is 5.01. The zero-order valence-electron chi connectivity index (χ0n) is 11.3. The second-order valence-electron chi connectivity index (χ2n) is 4.91. The van der Waals surface area contributed by atoms with Gasteiger partial charge in [0.15, 0.2) is 15.7 Å². The highest BCUT2D eigenvalue weighted by Gasteiger charge is 2.33. The molecular formula is C10H18N4O4S2. The van der Waals surface area contributed by atoms with Crippen LogP contribution in [0.25, 0.3) is 0 Å². The highest BCUT2D eigenvalue weighted by Crippen LogP contribution is 2.23. The van der Waals surface area contributed by atoms with Crippen LogP contribution in [0, 0.1) is 6.92 Å². The lowest BCUT2D eigenvalue weighted by Gasteiger charge is -2.11. The first kappa shape index (κ1) is 15.3. The summed E-state index contributed by atoms with van der Waals surface area (Å²) in [5.74, 6) is 0.0276. The monoisotopic (exact) mass is 322 g/mol. The SMILES string of the molecule is Cc1c(S(=O)(=O)NCC2CCCS2(=O)=O)c(N)nn1C. The molecule has 1 fully saturated rings. The summed E-state index contributed by atoms with van der Waals surface area (Å²) in [6.45, 7) is 1.46. The van der Waals surface area contributed by atoms with Gasteiger partial charge >= 0.3 is 0 Å². The predicted molar refractivity (Wildman–Crippen MR) is 74.4 cm³/mol. The molecule has 0 amide bonds. The van der Waals surface area contributed by atoms with E-state index in [2.05, 4.69) is 9.82 Å². The van der Waals surface area contributed by atoms with Gasteiger partial charge in [-0.15, -0.1) is 0 Å². The lowest BCUT2D eigenvalue weighted by atomic mass is 10.2. The molecule has 0 spiro atoms. The molecule has 2 heterocycles. The third kappa shape index (κ3) is 2.67. The molecule has 1 unspecified atom stereocenters. The quantitative estimate of drug-likeness (QED) is 0.745. The van der Waals surface area contributed by atoms with E-state index in [0.717, 1.165) is 0 Å². The Morgan fingerprint density at radius 3 is 2.60 bits per heavy atom. The molecule has 10 heteroatoms. The molecule has 8 nitrogen and oxygen atoms in total. The summed E-state index contributed by atoms with van der Waals surface area (Å²) in [7, 11) is -5.46. The summed E-state index contributed by atoms with van der Waals surface area (Å²) in [6, 6.07) is 0. The minimum atomic E-state index is -3.86. The van der Waals surface area contributed by atoms with E-state index in [1.807, 2.05) is 0 Å². The molecule has 0 saturated carbocycles. The van der Waals surface area contributed by atoms with Gasteiger partial charge in [-0.2, -0.15) is 5.10 Å². The minimum absolute atomic E-state index is 0.0876. The highest BCUT2D eigenvalue weighted by atomic mass is 32.2. The number of aromatic nitrogens is 2. The molecule has 1 atom stereocenters. The first-order valence-electron chi connectivity index (χ1n) is 6.15. The van der Waals surface area contributed by atoms with Crippen LogP contribution >= 0.6 is 0 Å². The average molecular weight is 322 g/mol. The van der Waals surface area contributed by atoms with Gasteiger partial charge in [0.1, 0.15) is 4.90 Å². The fraction of sp³-hybridized carbons (Fsp3) is 0.700. The Morgan fingerprint density at radius 1 is 1.50 bits per heavy atom. The van der Waals surface area contributed by atoms with Crippen molar-refractivity contribution < 1.29 is 16.8 Å². The number of anilines is 1. The molecule has 1 aromatic rings. The van der Waals surface area contributed by atoms with Crippen LogP contribution < -0.4 is 10.5 Å². The molecule has 3 N–H and O–H groups in total. The number of aryl methyl sites for hydroxylation is 1. The van der Waals surface area contributed by atoms with E-state index in [0.29, 0.717) is 18.5 Å². The van der Waals surface area contributed by atoms with E-state index in [9.17, 15) is 16.8 Å². The molecule has 20 heavy (non-hydrogen) atoms. The zero-order valence-corrected chi connectivity index (χ0v) is 13.0. The molecule has 1 aliphatic heterocycles. The summed E-state index contributed by atoms with van der Waals surface area (Å²) < 4.78 is 51.5. The molecule has 0 bridgehead atoms. The van der Waals surface area contributed by atoms with E-state index in [1.54, 1.807) is 14.0 Å². The van der Waals surface area contributed by atoms with E-state index < -0.39 is 25.1 Å². The van der Waals surface area contributed by atoms with Crippen molar-refractivity contribution in [1.29, 1.82) is 0 Å². The van der Waals surface area contributed by atoms with Gasteiger partial charge < -0.3 is 5.73 Å². The van der Waals surface area contributed by atoms with E-state index in [-0.39, 0.29) is 23.0 Å². The minimum Gasteiger partial charge on any atom is -0.381 e. The van der Waals surface area contributed by atoms with Crippen LogP contribution in [0.15, 0.2) is 4.90 Å². The van der Waals surface area contributed by atoms with Crippen LogP contribution in [0.1, 0.15) is 18.5 Å². The third-order valence-corrected chi connectivity index (χ3v) is 7.40. The Hall–Kier alpha value is -1.13. The zero-order chi connectivity index (χ0) is 15.1. The van der Waals surface area contributed by atoms with Crippen LogP contribution in [0.3, 0.4) is 0 Å². The van der Waals surface area contributed by atoms with Gasteiger partial charge in [-0.3, -0.25) is 4.68 Å². The number of sulfonamides is 1. The third-order valence-electron chi connectivity index (χ3n) is 3.54. The Balaban J connectivity index is 2.20. The molecule has 1 aromatic heterocycles. The fourth-order valence-corrected chi connectivity index (χ4v) is 5.58. The summed E-state index contributed by atoms with van der Waals surface area (Å²) in [6.07, 6.45) is 1.05. The number of nitrogens with one attached hydrogen (secondary N) is 1. The smallest absolute Gasteiger partial charge is 0.246 e. The maximum atomic E-state index is 12.2. The second-order valence-corrected chi connectivity index (χ2v) is 9.01. The van der Waals surface area contributed by atoms with Crippen molar-refractivity contribution in [2.75, 3.05) is 18.0 Å². The lowest BCUT2D eigenvalue weighted by molar-refractivity contribution is 0.570. The molecule has 1 saturated heterocycles. The Labute approximate surface area is 118 Å². The summed E-state index contributed by atoms with van der Waals surface area (Å²) in [5.41, 5.74) is 6.00. The molecule has 1 aliphatic rings. The van der Waals surface area contributed by atoms with E-state index >= 15 is 0 Å². The van der Waals surface area contributed by atoms with Gasteiger partial charge in [-0.25, -0.2) is 21.6 Å². The average Bonchev–Trinajstić information content (AvgIpc) is 2.77. The largest absolute Gasteiger partial charge is 0.381 e. The van der Waals surface area contributed by atoms with Crippen molar-refractivity contribution in [3.05, 3.63) is 5.69 Å². The number of hydrogen-bond acceptors (Lipinski definition) is 6. The van der Waals surface area contributed by atoms with Crippen LogP contribution in [-0.4, -0.2) is 44.2 Å². The molecular weight excluding hydrogens is 304 g/mol. The number of nitrogens with two attached hydrogens (primary N) is 1. The first-order valence-corrected chi connectivity index (χ1v) is 9.35. The Bertz CT molecular complexity index is 721. The van der Waals surface area contributed by atoms with Gasteiger partial charge in [-0.05, 0) is 19.8 Å². The first-order chi connectivity index (χ1) is 9.15. The Morgan fingerprint density at radius 2 is 2.15 bits per heavy atom. The predicted octanol–water partition coefficient (Wildman–Crippen LogP) is -0.834. The number of rotatable bonds is 4. The number of nitrogens with zero attached hydrogens (tertiary/aromatic N) is 2. The van der Waals surface area contributed by atoms with Gasteiger partial charge in [0, 0.05) is 13.6 Å². The molecule has 0 aliphatic carbocycles. The summed E-state index contributed by atoms with van der Waals surface area (Å²) >= 11 is 0. The van der Waals surface area contributed by atoms with Crippen LogP contribution in [-0.2, 0) is 26.9 Å². The van der Waals surface area contributed by atoms with Crippen LogP contribution in [0.4, 0.5) is 5.82 Å². The topological polar surface area (TPSA) is 124 Å². The van der Waals surface area contributed by atoms with Crippen molar-refractivity contribution in [2.24, 2.45) is 7.05 Å². The van der Waals surface area contributed by atoms with Crippen LogP contribution in [0.5, 0.6) is 0 Å². The van der Waals surface area contributed by atoms with Gasteiger partial charge in [0.2, 0.25) is 10.0 Å². The molecule has 0 aromatic carbocycles. The maximum Gasteiger partial charge on any atom is 0.246 e. The fourth-order valence-electron chi connectivity index (χ4n) is 2.31. The van der Waals surface area contributed by atoms with Gasteiger partial charge in [-0.1, -0.05) is 0 Å². The van der Waals surface area contributed by atoms with Gasteiger partial charge in [0.05, 0.1) is 16.7 Å². The standard InChI is InChI=1S/C10H18N4O4S2/c1-7-9(10(11)13-14(7)2)20(17,18)12-6-8-4-3-5-19(8,15)16/h8,12H,3-6H2,1-2H3,(H2,11,13). The number of nitrogen functional groups attached to an aromatic ring is 1. The summed E-state index contributed by atoms with van der Waals surface area (Å²) in [5, 5.41) is 3.19. The molecule has 114 valence electrons. The van der Waals surface area contributed by atoms with E-state index in [4.69, 9.17) is 5.73 Å². The van der Waals surface area contributed by atoms with Gasteiger partial charge in [0.25, 0.3) is 0 Å². The van der Waals surface area contributed by atoms with Crippen LogP contribution in [0.2, 0.25) is 0 Å². The number of sulfone groups is 1. The maximum absolute atomic E-state index is 12.2. The molecule has 2 rings (SSSR count). The van der Waals surface area contributed by atoms with Crippen molar-refractivity contribution in [3.63, 3.8) is 0 Å². The van der Waals surface area contributed by atoms with Crippen molar-refractivity contribution in [2.45, 2.75) is 29.9 Å². The normalized spacial score (nSPS) is 22.2. The van der Waals surface area contributed by atoms with Crippen molar-refractivity contribution in [1.82, 2.24) is 14.5 Å². The van der Waals surface area contributed by atoms with Crippen molar-refractivity contribution >= 4 is 25.7 Å². The highest BCUT2D eigenvalue weighted by molar-refractivity contribution is 7.92.